The van der Waals surface area contributed by atoms with Crippen LogP contribution in [0.5, 0.6) is 5.88 Å². The molecule has 2 aliphatic rings. The molecule has 0 aromatic carbocycles. The largest absolute Gasteiger partial charge is 0.417 e. The van der Waals surface area contributed by atoms with Gasteiger partial charge in [0.05, 0.1) is 47.3 Å². The number of nitrogens with one attached hydrogen (secondary N) is 1. The zero-order chi connectivity index (χ0) is 24.9. The molecule has 2 aliphatic heterocycles. The van der Waals surface area contributed by atoms with Crippen LogP contribution in [0.2, 0.25) is 0 Å². The molecule has 11 heteroatoms. The van der Waals surface area contributed by atoms with Crippen molar-refractivity contribution in [3.8, 4) is 17.0 Å². The SMILES string of the molecule is Cc1ncc(-c2ccc(OC(F)F)nc2)cc1NC(=O)c1cnn2ccc(N3CC4(COC4)C3)cc12. The van der Waals surface area contributed by atoms with Gasteiger partial charge in [0.1, 0.15) is 0 Å². The number of pyridine rings is 3. The number of amides is 1. The Kier molecular flexibility index (Phi) is 5.29. The number of aryl methyl sites for hydroxylation is 1. The molecule has 0 atom stereocenters. The van der Waals surface area contributed by atoms with Crippen LogP contribution in [0.1, 0.15) is 16.1 Å². The molecule has 2 saturated heterocycles. The lowest BCUT2D eigenvalue weighted by atomic mass is 9.78. The maximum Gasteiger partial charge on any atom is 0.388 e. The fourth-order valence-corrected chi connectivity index (χ4v) is 4.58. The highest BCUT2D eigenvalue weighted by Gasteiger charge is 2.49. The number of anilines is 2. The number of nitrogens with zero attached hydrogens (tertiary/aromatic N) is 5. The number of rotatable bonds is 6. The van der Waals surface area contributed by atoms with Gasteiger partial charge in [-0.1, -0.05) is 0 Å². The molecule has 1 amide bonds. The predicted octanol–water partition coefficient (Wildman–Crippen LogP) is 3.79. The molecule has 0 aliphatic carbocycles. The molecule has 1 spiro atoms. The van der Waals surface area contributed by atoms with Crippen LogP contribution in [0.25, 0.3) is 16.6 Å². The van der Waals surface area contributed by atoms with Crippen LogP contribution in [0.3, 0.4) is 0 Å². The molecule has 36 heavy (non-hydrogen) atoms. The molecule has 6 heterocycles. The average Bonchev–Trinajstić information content (AvgIpc) is 3.22. The van der Waals surface area contributed by atoms with E-state index in [9.17, 15) is 13.6 Å². The molecule has 1 N–H and O–H groups in total. The van der Waals surface area contributed by atoms with E-state index in [0.29, 0.717) is 33.6 Å². The van der Waals surface area contributed by atoms with E-state index in [4.69, 9.17) is 4.74 Å². The predicted molar refractivity (Wildman–Crippen MR) is 127 cm³/mol. The summed E-state index contributed by atoms with van der Waals surface area (Å²) in [6, 6.07) is 8.70. The molecule has 6 rings (SSSR count). The Bertz CT molecular complexity index is 1440. The molecule has 0 radical (unpaired) electrons. The summed E-state index contributed by atoms with van der Waals surface area (Å²) in [5.41, 5.74) is 4.94. The zero-order valence-corrected chi connectivity index (χ0v) is 19.3. The highest BCUT2D eigenvalue weighted by molar-refractivity contribution is 6.09. The Hall–Kier alpha value is -4.12. The van der Waals surface area contributed by atoms with E-state index in [-0.39, 0.29) is 17.2 Å². The van der Waals surface area contributed by atoms with Gasteiger partial charge in [-0.25, -0.2) is 9.50 Å². The molecular formula is C25H22F2N6O3. The van der Waals surface area contributed by atoms with Crippen LogP contribution in [-0.4, -0.2) is 58.4 Å². The molecule has 184 valence electrons. The molecule has 0 unspecified atom stereocenters. The number of ether oxygens (including phenoxy) is 2. The maximum absolute atomic E-state index is 13.2. The lowest BCUT2D eigenvalue weighted by Gasteiger charge is -2.56. The van der Waals surface area contributed by atoms with E-state index in [1.165, 1.54) is 12.3 Å². The number of alkyl halides is 2. The standard InChI is InChI=1S/C25H22F2N6O3/c1-15-20(6-17(9-28-15)16-2-3-22(29-8-16)36-24(26)27)31-23(34)19-10-30-33-5-4-18(7-21(19)33)32-11-25(12-32)13-35-14-25/h2-10,24H,11-14H2,1H3,(H,31,34). The topological polar surface area (TPSA) is 93.9 Å². The van der Waals surface area contributed by atoms with Gasteiger partial charge >= 0.3 is 6.61 Å². The first-order chi connectivity index (χ1) is 17.4. The Morgan fingerprint density at radius 2 is 1.92 bits per heavy atom. The first-order valence-corrected chi connectivity index (χ1v) is 11.4. The van der Waals surface area contributed by atoms with Gasteiger partial charge in [0.2, 0.25) is 5.88 Å². The summed E-state index contributed by atoms with van der Waals surface area (Å²) in [6.45, 7) is 2.35. The number of fused-ring (bicyclic) bond motifs is 1. The average molecular weight is 492 g/mol. The molecular weight excluding hydrogens is 470 g/mol. The quantitative estimate of drug-likeness (QED) is 0.438. The summed E-state index contributed by atoms with van der Waals surface area (Å²) in [5.74, 6) is -0.486. The fraction of sp³-hybridized carbons (Fsp3) is 0.280. The number of aromatic nitrogens is 4. The van der Waals surface area contributed by atoms with Gasteiger partial charge in [-0.2, -0.15) is 13.9 Å². The van der Waals surface area contributed by atoms with Gasteiger partial charge in [-0.3, -0.25) is 9.78 Å². The summed E-state index contributed by atoms with van der Waals surface area (Å²) >= 11 is 0. The Morgan fingerprint density at radius 1 is 1.11 bits per heavy atom. The highest BCUT2D eigenvalue weighted by atomic mass is 19.3. The van der Waals surface area contributed by atoms with Crippen molar-refractivity contribution >= 4 is 22.8 Å². The molecule has 0 bridgehead atoms. The highest BCUT2D eigenvalue weighted by Crippen LogP contribution is 2.40. The van der Waals surface area contributed by atoms with Crippen LogP contribution < -0.4 is 15.0 Å². The summed E-state index contributed by atoms with van der Waals surface area (Å²) in [6.07, 6.45) is 6.44. The van der Waals surface area contributed by atoms with E-state index in [1.54, 1.807) is 36.0 Å². The maximum atomic E-state index is 13.2. The van der Waals surface area contributed by atoms with Gasteiger partial charge in [0, 0.05) is 54.6 Å². The van der Waals surface area contributed by atoms with Crippen molar-refractivity contribution in [2.45, 2.75) is 13.5 Å². The van der Waals surface area contributed by atoms with Crippen molar-refractivity contribution in [3.05, 3.63) is 66.4 Å². The van der Waals surface area contributed by atoms with Crippen LogP contribution >= 0.6 is 0 Å². The summed E-state index contributed by atoms with van der Waals surface area (Å²) in [5, 5.41) is 7.26. The van der Waals surface area contributed by atoms with E-state index in [1.807, 2.05) is 18.3 Å². The van der Waals surface area contributed by atoms with E-state index in [2.05, 4.69) is 30.0 Å². The van der Waals surface area contributed by atoms with Crippen molar-refractivity contribution in [1.82, 2.24) is 19.6 Å². The summed E-state index contributed by atoms with van der Waals surface area (Å²) in [7, 11) is 0. The lowest BCUT2D eigenvalue weighted by molar-refractivity contribution is -0.127. The first kappa shape index (κ1) is 22.4. The number of halogens is 2. The Balaban J connectivity index is 1.22. The van der Waals surface area contributed by atoms with Crippen molar-refractivity contribution in [3.63, 3.8) is 0 Å². The van der Waals surface area contributed by atoms with E-state index >= 15 is 0 Å². The Morgan fingerprint density at radius 3 is 2.61 bits per heavy atom. The van der Waals surface area contributed by atoms with E-state index in [0.717, 1.165) is 32.0 Å². The van der Waals surface area contributed by atoms with Crippen LogP contribution in [-0.2, 0) is 4.74 Å². The van der Waals surface area contributed by atoms with E-state index < -0.39 is 6.61 Å². The molecule has 2 fully saturated rings. The second-order valence-corrected chi connectivity index (χ2v) is 9.20. The van der Waals surface area contributed by atoms with Gasteiger partial charge in [0.15, 0.2) is 0 Å². The van der Waals surface area contributed by atoms with Crippen molar-refractivity contribution in [2.75, 3.05) is 36.5 Å². The Labute approximate surface area is 204 Å². The number of hydrogen-bond donors (Lipinski definition) is 1. The minimum Gasteiger partial charge on any atom is -0.417 e. The monoisotopic (exact) mass is 492 g/mol. The van der Waals surface area contributed by atoms with Gasteiger partial charge in [0.25, 0.3) is 5.91 Å². The van der Waals surface area contributed by atoms with Crippen LogP contribution in [0.15, 0.2) is 55.1 Å². The molecule has 4 aromatic rings. The number of hydrogen-bond acceptors (Lipinski definition) is 7. The zero-order valence-electron chi connectivity index (χ0n) is 19.3. The minimum atomic E-state index is -2.94. The normalized spacial score (nSPS) is 16.2. The smallest absolute Gasteiger partial charge is 0.388 e. The van der Waals surface area contributed by atoms with Gasteiger partial charge in [-0.05, 0) is 31.2 Å². The third kappa shape index (κ3) is 4.01. The summed E-state index contributed by atoms with van der Waals surface area (Å²) < 4.78 is 36.1. The van der Waals surface area contributed by atoms with Gasteiger partial charge in [-0.15, -0.1) is 0 Å². The lowest BCUT2D eigenvalue weighted by Crippen LogP contribution is -2.66. The molecule has 9 nitrogen and oxygen atoms in total. The third-order valence-corrected chi connectivity index (χ3v) is 6.60. The van der Waals surface area contributed by atoms with Crippen molar-refractivity contribution < 1.29 is 23.0 Å². The third-order valence-electron chi connectivity index (χ3n) is 6.60. The van der Waals surface area contributed by atoms with Crippen LogP contribution in [0, 0.1) is 12.3 Å². The van der Waals surface area contributed by atoms with Gasteiger partial charge < -0.3 is 19.7 Å². The van der Waals surface area contributed by atoms with Crippen molar-refractivity contribution in [2.24, 2.45) is 5.41 Å². The van der Waals surface area contributed by atoms with Crippen LogP contribution in [0.4, 0.5) is 20.2 Å². The minimum absolute atomic E-state index is 0.177. The van der Waals surface area contributed by atoms with Crippen molar-refractivity contribution in [1.29, 1.82) is 0 Å². The second-order valence-electron chi connectivity index (χ2n) is 9.20. The molecule has 0 saturated carbocycles. The summed E-state index contributed by atoms with van der Waals surface area (Å²) in [4.78, 5) is 23.8. The second kappa shape index (κ2) is 8.52. The molecule has 4 aromatic heterocycles. The fourth-order valence-electron chi connectivity index (χ4n) is 4.58. The first-order valence-electron chi connectivity index (χ1n) is 11.4. The number of carbonyl (C=O) groups excluding carboxylic acids is 1. The number of carbonyl (C=O) groups is 1.